The Morgan fingerprint density at radius 1 is 0.968 bits per heavy atom. The van der Waals surface area contributed by atoms with Crippen molar-refractivity contribution >= 4 is 44.8 Å². The molecule has 5 nitrogen and oxygen atoms in total. The molecule has 6 heteroatoms. The highest BCUT2D eigenvalue weighted by Crippen LogP contribution is 2.33. The number of carbonyl (C=O) groups is 1. The van der Waals surface area contributed by atoms with E-state index < -0.39 is 0 Å². The fraction of sp³-hybridized carbons (Fsp3) is 0.120. The average Bonchev–Trinajstić information content (AvgIpc) is 3.23. The Bertz CT molecular complexity index is 1200. The minimum atomic E-state index is -0.0998. The molecule has 1 heterocycles. The number of para-hydroxylation sites is 2. The first-order valence-electron chi connectivity index (χ1n) is 9.79. The number of fused-ring (bicyclic) bond motifs is 1. The normalized spacial score (nSPS) is 11.4. The third-order valence-electron chi connectivity index (χ3n) is 4.73. The van der Waals surface area contributed by atoms with E-state index in [1.807, 2.05) is 78.9 Å². The van der Waals surface area contributed by atoms with Crippen molar-refractivity contribution in [1.82, 2.24) is 4.98 Å². The fourth-order valence-corrected chi connectivity index (χ4v) is 4.22. The molecule has 0 atom stereocenters. The van der Waals surface area contributed by atoms with Crippen LogP contribution in [0.4, 0.5) is 5.69 Å². The SMILES string of the molecule is COc1ccc(C=C(CC(=O)Nc2ccccc2)c2nc3ccccc3s2)cc1OC. The topological polar surface area (TPSA) is 60.5 Å². The number of anilines is 1. The number of carbonyl (C=O) groups excluding carboxylic acids is 1. The number of hydrogen-bond donors (Lipinski definition) is 1. The molecule has 1 aromatic heterocycles. The summed E-state index contributed by atoms with van der Waals surface area (Å²) in [5, 5.41) is 3.77. The number of methoxy groups -OCH3 is 2. The van der Waals surface area contributed by atoms with Crippen LogP contribution in [0.2, 0.25) is 0 Å². The summed E-state index contributed by atoms with van der Waals surface area (Å²) in [6.45, 7) is 0. The minimum Gasteiger partial charge on any atom is -0.493 e. The number of nitrogens with one attached hydrogen (secondary N) is 1. The van der Waals surface area contributed by atoms with Crippen molar-refractivity contribution in [3.63, 3.8) is 0 Å². The molecule has 0 fully saturated rings. The molecule has 4 rings (SSSR count). The van der Waals surface area contributed by atoms with Gasteiger partial charge in [0.1, 0.15) is 5.01 Å². The second-order valence-corrected chi connectivity index (χ2v) is 7.89. The van der Waals surface area contributed by atoms with Crippen molar-refractivity contribution < 1.29 is 14.3 Å². The maximum absolute atomic E-state index is 12.8. The average molecular weight is 431 g/mol. The van der Waals surface area contributed by atoms with Gasteiger partial charge in [-0.15, -0.1) is 11.3 Å². The molecule has 3 aromatic carbocycles. The summed E-state index contributed by atoms with van der Waals surface area (Å²) in [6.07, 6.45) is 2.17. The second kappa shape index (κ2) is 9.45. The number of amides is 1. The van der Waals surface area contributed by atoms with Gasteiger partial charge in [-0.1, -0.05) is 36.4 Å². The number of benzene rings is 3. The number of nitrogens with zero attached hydrogens (tertiary/aromatic N) is 1. The van der Waals surface area contributed by atoms with E-state index in [-0.39, 0.29) is 12.3 Å². The van der Waals surface area contributed by atoms with Gasteiger partial charge in [0.15, 0.2) is 11.5 Å². The standard InChI is InChI=1S/C25H22N2O3S/c1-29-21-13-12-17(15-22(21)30-2)14-18(16-24(28)26-19-8-4-3-5-9-19)25-27-20-10-6-7-11-23(20)31-25/h3-15H,16H2,1-2H3,(H,26,28). The summed E-state index contributed by atoms with van der Waals surface area (Å²) in [6, 6.07) is 23.1. The lowest BCUT2D eigenvalue weighted by Gasteiger charge is -2.10. The van der Waals surface area contributed by atoms with Crippen LogP contribution in [0.15, 0.2) is 72.8 Å². The number of hydrogen-bond acceptors (Lipinski definition) is 5. The van der Waals surface area contributed by atoms with Crippen LogP contribution in [-0.4, -0.2) is 25.1 Å². The second-order valence-electron chi connectivity index (χ2n) is 6.86. The van der Waals surface area contributed by atoms with Crippen LogP contribution in [0.25, 0.3) is 21.9 Å². The third-order valence-corrected chi connectivity index (χ3v) is 5.84. The van der Waals surface area contributed by atoms with Gasteiger partial charge in [0.05, 0.1) is 30.9 Å². The Hall–Kier alpha value is -3.64. The molecule has 4 aromatic rings. The molecule has 0 spiro atoms. The van der Waals surface area contributed by atoms with Crippen molar-refractivity contribution in [2.24, 2.45) is 0 Å². The molecule has 0 aliphatic heterocycles. The quantitative estimate of drug-likeness (QED) is 0.398. The van der Waals surface area contributed by atoms with Gasteiger partial charge in [-0.2, -0.15) is 0 Å². The summed E-state index contributed by atoms with van der Waals surface area (Å²) in [4.78, 5) is 17.6. The maximum Gasteiger partial charge on any atom is 0.228 e. The Labute approximate surface area is 185 Å². The lowest BCUT2D eigenvalue weighted by atomic mass is 10.1. The molecular weight excluding hydrogens is 408 g/mol. The number of aromatic nitrogens is 1. The molecule has 31 heavy (non-hydrogen) atoms. The van der Waals surface area contributed by atoms with Crippen LogP contribution in [-0.2, 0) is 4.79 Å². The van der Waals surface area contributed by atoms with E-state index in [4.69, 9.17) is 14.5 Å². The van der Waals surface area contributed by atoms with Crippen molar-refractivity contribution in [3.8, 4) is 11.5 Å². The molecule has 156 valence electrons. The lowest BCUT2D eigenvalue weighted by Crippen LogP contribution is -2.11. The van der Waals surface area contributed by atoms with E-state index in [1.165, 1.54) is 0 Å². The zero-order valence-electron chi connectivity index (χ0n) is 17.3. The Morgan fingerprint density at radius 2 is 1.71 bits per heavy atom. The molecule has 0 saturated carbocycles. The fourth-order valence-electron chi connectivity index (χ4n) is 3.24. The summed E-state index contributed by atoms with van der Waals surface area (Å²) >= 11 is 1.58. The molecule has 0 aliphatic carbocycles. The molecule has 0 unspecified atom stereocenters. The predicted molar refractivity (Wildman–Crippen MR) is 127 cm³/mol. The van der Waals surface area contributed by atoms with Crippen LogP contribution < -0.4 is 14.8 Å². The van der Waals surface area contributed by atoms with Gasteiger partial charge in [0, 0.05) is 5.69 Å². The van der Waals surface area contributed by atoms with Gasteiger partial charge in [0.25, 0.3) is 0 Å². The molecule has 1 N–H and O–H groups in total. The zero-order valence-corrected chi connectivity index (χ0v) is 18.1. The Kier molecular flexibility index (Phi) is 6.29. The van der Waals surface area contributed by atoms with E-state index in [0.29, 0.717) is 11.5 Å². The monoisotopic (exact) mass is 430 g/mol. The largest absolute Gasteiger partial charge is 0.493 e. The first kappa shape index (κ1) is 20.6. The maximum atomic E-state index is 12.8. The first-order chi connectivity index (χ1) is 15.2. The van der Waals surface area contributed by atoms with Crippen molar-refractivity contribution in [3.05, 3.63) is 83.4 Å². The van der Waals surface area contributed by atoms with Gasteiger partial charge >= 0.3 is 0 Å². The highest BCUT2D eigenvalue weighted by atomic mass is 32.1. The summed E-state index contributed by atoms with van der Waals surface area (Å²) in [5.41, 5.74) is 3.42. The molecule has 0 bridgehead atoms. The Balaban J connectivity index is 1.70. The van der Waals surface area contributed by atoms with Crippen molar-refractivity contribution in [2.75, 3.05) is 19.5 Å². The van der Waals surface area contributed by atoms with Crippen molar-refractivity contribution in [2.45, 2.75) is 6.42 Å². The number of thiazole rings is 1. The summed E-state index contributed by atoms with van der Waals surface area (Å²) < 4.78 is 11.8. The van der Waals surface area contributed by atoms with Gasteiger partial charge < -0.3 is 14.8 Å². The van der Waals surface area contributed by atoms with E-state index in [2.05, 4.69) is 5.32 Å². The molecule has 0 aliphatic rings. The summed E-state index contributed by atoms with van der Waals surface area (Å²) in [5.74, 6) is 1.19. The smallest absolute Gasteiger partial charge is 0.228 e. The van der Waals surface area contributed by atoms with Gasteiger partial charge in [-0.05, 0) is 53.6 Å². The van der Waals surface area contributed by atoms with Crippen LogP contribution in [0.5, 0.6) is 11.5 Å². The lowest BCUT2D eigenvalue weighted by molar-refractivity contribution is -0.115. The zero-order chi connectivity index (χ0) is 21.6. The highest BCUT2D eigenvalue weighted by molar-refractivity contribution is 7.19. The van der Waals surface area contributed by atoms with Gasteiger partial charge in [-0.25, -0.2) is 4.98 Å². The number of ether oxygens (including phenoxy) is 2. The minimum absolute atomic E-state index is 0.0998. The van der Waals surface area contributed by atoms with Gasteiger partial charge in [0.2, 0.25) is 5.91 Å². The third kappa shape index (κ3) is 4.92. The van der Waals surface area contributed by atoms with E-state index in [0.717, 1.165) is 32.0 Å². The van der Waals surface area contributed by atoms with E-state index in [1.54, 1.807) is 25.6 Å². The van der Waals surface area contributed by atoms with Crippen LogP contribution in [0, 0.1) is 0 Å². The highest BCUT2D eigenvalue weighted by Gasteiger charge is 2.14. The predicted octanol–water partition coefficient (Wildman–Crippen LogP) is 5.88. The summed E-state index contributed by atoms with van der Waals surface area (Å²) in [7, 11) is 3.21. The Morgan fingerprint density at radius 3 is 2.45 bits per heavy atom. The first-order valence-corrected chi connectivity index (χ1v) is 10.6. The van der Waals surface area contributed by atoms with Gasteiger partial charge in [-0.3, -0.25) is 4.79 Å². The van der Waals surface area contributed by atoms with Crippen LogP contribution in [0.1, 0.15) is 17.0 Å². The molecule has 0 saturated heterocycles. The van der Waals surface area contributed by atoms with Crippen LogP contribution >= 0.6 is 11.3 Å². The van der Waals surface area contributed by atoms with Crippen molar-refractivity contribution in [1.29, 1.82) is 0 Å². The molecular formula is C25H22N2O3S. The molecule has 0 radical (unpaired) electrons. The van der Waals surface area contributed by atoms with E-state index in [9.17, 15) is 4.79 Å². The number of rotatable bonds is 7. The van der Waals surface area contributed by atoms with E-state index >= 15 is 0 Å². The molecule has 1 amide bonds. The van der Waals surface area contributed by atoms with Crippen LogP contribution in [0.3, 0.4) is 0 Å².